The first-order valence-corrected chi connectivity index (χ1v) is 7.21. The highest BCUT2D eigenvalue weighted by atomic mass is 16.4. The van der Waals surface area contributed by atoms with Gasteiger partial charge in [-0.1, -0.05) is 12.1 Å². The molecule has 0 radical (unpaired) electrons. The number of hydrogen-bond acceptors (Lipinski definition) is 3. The Kier molecular flexibility index (Phi) is 4.32. The monoisotopic (exact) mass is 290 g/mol. The lowest BCUT2D eigenvalue weighted by molar-refractivity contribution is -0.147. The van der Waals surface area contributed by atoms with Gasteiger partial charge < -0.3 is 16.2 Å². The van der Waals surface area contributed by atoms with Crippen LogP contribution in [0.5, 0.6) is 0 Å². The van der Waals surface area contributed by atoms with E-state index in [0.717, 1.165) is 24.0 Å². The van der Waals surface area contributed by atoms with Crippen LogP contribution in [0, 0.1) is 5.41 Å². The average molecular weight is 290 g/mol. The molecule has 5 nitrogen and oxygen atoms in total. The van der Waals surface area contributed by atoms with Crippen molar-refractivity contribution in [2.45, 2.75) is 39.2 Å². The maximum Gasteiger partial charge on any atom is 0.309 e. The molecule has 1 atom stereocenters. The zero-order valence-electron chi connectivity index (χ0n) is 12.5. The van der Waals surface area contributed by atoms with Crippen LogP contribution in [0.3, 0.4) is 0 Å². The van der Waals surface area contributed by atoms with E-state index >= 15 is 0 Å². The Hall–Kier alpha value is -1.88. The van der Waals surface area contributed by atoms with Gasteiger partial charge in [0.1, 0.15) is 0 Å². The molecule has 5 heteroatoms. The number of rotatable bonds is 4. The van der Waals surface area contributed by atoms with Gasteiger partial charge in [-0.25, -0.2) is 0 Å². The van der Waals surface area contributed by atoms with Crippen LogP contribution >= 0.6 is 0 Å². The second-order valence-electron chi connectivity index (χ2n) is 6.28. The Morgan fingerprint density at radius 1 is 1.48 bits per heavy atom. The number of carboxylic acids is 1. The van der Waals surface area contributed by atoms with Gasteiger partial charge in [0.05, 0.1) is 5.41 Å². The topological polar surface area (TPSA) is 92.4 Å². The summed E-state index contributed by atoms with van der Waals surface area (Å²) in [5.74, 6) is -0.945. The third-order valence-electron chi connectivity index (χ3n) is 4.02. The lowest BCUT2D eigenvalue weighted by Gasteiger charge is -2.24. The summed E-state index contributed by atoms with van der Waals surface area (Å²) in [6.07, 6.45) is 2.11. The second kappa shape index (κ2) is 5.85. The van der Waals surface area contributed by atoms with Crippen LogP contribution < -0.4 is 11.1 Å². The Morgan fingerprint density at radius 2 is 2.19 bits per heavy atom. The van der Waals surface area contributed by atoms with Crippen molar-refractivity contribution >= 4 is 11.9 Å². The highest BCUT2D eigenvalue weighted by molar-refractivity contribution is 5.96. The molecule has 1 amide bonds. The second-order valence-corrected chi connectivity index (χ2v) is 6.28. The summed E-state index contributed by atoms with van der Waals surface area (Å²) in [4.78, 5) is 23.2. The molecule has 0 saturated heterocycles. The number of carboxylic acid groups (broad SMARTS) is 1. The van der Waals surface area contributed by atoms with E-state index in [1.54, 1.807) is 19.9 Å². The van der Waals surface area contributed by atoms with Crippen molar-refractivity contribution in [3.8, 4) is 0 Å². The normalized spacial score (nSPS) is 16.6. The largest absolute Gasteiger partial charge is 0.481 e. The van der Waals surface area contributed by atoms with Crippen LogP contribution in [0.1, 0.15) is 54.2 Å². The number of aliphatic carboxylic acids is 1. The van der Waals surface area contributed by atoms with Crippen molar-refractivity contribution in [1.82, 2.24) is 5.32 Å². The van der Waals surface area contributed by atoms with Crippen LogP contribution in [0.15, 0.2) is 18.2 Å². The Labute approximate surface area is 124 Å². The molecule has 0 bridgehead atoms. The minimum atomic E-state index is -0.894. The first-order valence-electron chi connectivity index (χ1n) is 7.21. The molecule has 1 aromatic rings. The van der Waals surface area contributed by atoms with Gasteiger partial charge >= 0.3 is 5.97 Å². The van der Waals surface area contributed by atoms with Crippen molar-refractivity contribution in [2.24, 2.45) is 11.1 Å². The van der Waals surface area contributed by atoms with E-state index in [-0.39, 0.29) is 5.91 Å². The number of carbonyl (C=O) groups is 2. The van der Waals surface area contributed by atoms with Crippen molar-refractivity contribution in [3.05, 3.63) is 34.9 Å². The first kappa shape index (κ1) is 15.5. The number of hydrogen-bond donors (Lipinski definition) is 3. The third-order valence-corrected chi connectivity index (χ3v) is 4.02. The average Bonchev–Trinajstić information content (AvgIpc) is 2.60. The number of nitrogens with one attached hydrogen (secondary N) is 1. The molecule has 0 aliphatic carbocycles. The molecule has 0 fully saturated rings. The molecular formula is C16H22N2O3. The maximum atomic E-state index is 12.0. The molecule has 1 heterocycles. The van der Waals surface area contributed by atoms with Gasteiger partial charge in [0.25, 0.3) is 5.91 Å². The SMILES string of the molecule is CC(C)(CC(N)c1ccc2c(c1)C(=O)NCCC2)C(=O)O. The minimum Gasteiger partial charge on any atom is -0.481 e. The molecule has 1 aromatic carbocycles. The number of aryl methyl sites for hydroxylation is 1. The first-order chi connectivity index (χ1) is 9.81. The van der Waals surface area contributed by atoms with E-state index < -0.39 is 17.4 Å². The summed E-state index contributed by atoms with van der Waals surface area (Å²) in [6, 6.07) is 5.24. The fourth-order valence-electron chi connectivity index (χ4n) is 2.59. The zero-order valence-corrected chi connectivity index (χ0v) is 12.5. The van der Waals surface area contributed by atoms with Crippen LogP contribution in [-0.4, -0.2) is 23.5 Å². The molecule has 21 heavy (non-hydrogen) atoms. The number of benzene rings is 1. The Morgan fingerprint density at radius 3 is 2.86 bits per heavy atom. The van der Waals surface area contributed by atoms with Crippen LogP contribution in [0.25, 0.3) is 0 Å². The Balaban J connectivity index is 2.25. The minimum absolute atomic E-state index is 0.0750. The molecule has 114 valence electrons. The predicted molar refractivity (Wildman–Crippen MR) is 80.1 cm³/mol. The summed E-state index contributed by atoms with van der Waals surface area (Å²) >= 11 is 0. The summed E-state index contributed by atoms with van der Waals surface area (Å²) in [7, 11) is 0. The molecule has 0 saturated carbocycles. The van der Waals surface area contributed by atoms with Crippen LogP contribution in [0.4, 0.5) is 0 Å². The Bertz CT molecular complexity index is 567. The van der Waals surface area contributed by atoms with E-state index in [2.05, 4.69) is 5.32 Å². The summed E-state index contributed by atoms with van der Waals surface area (Å²) < 4.78 is 0. The highest BCUT2D eigenvalue weighted by Gasteiger charge is 2.30. The molecule has 0 aromatic heterocycles. The van der Waals surface area contributed by atoms with E-state index in [0.29, 0.717) is 18.5 Å². The maximum absolute atomic E-state index is 12.0. The number of carbonyl (C=O) groups excluding carboxylic acids is 1. The number of amides is 1. The van der Waals surface area contributed by atoms with Crippen molar-refractivity contribution in [2.75, 3.05) is 6.54 Å². The van der Waals surface area contributed by atoms with Gasteiger partial charge in [0.15, 0.2) is 0 Å². The number of fused-ring (bicyclic) bond motifs is 1. The van der Waals surface area contributed by atoms with Gasteiger partial charge in [-0.15, -0.1) is 0 Å². The van der Waals surface area contributed by atoms with Gasteiger partial charge in [-0.05, 0) is 50.3 Å². The fraction of sp³-hybridized carbons (Fsp3) is 0.500. The van der Waals surface area contributed by atoms with Gasteiger partial charge in [0, 0.05) is 18.2 Å². The zero-order chi connectivity index (χ0) is 15.6. The summed E-state index contributed by atoms with van der Waals surface area (Å²) in [5, 5.41) is 12.0. The van der Waals surface area contributed by atoms with Crippen molar-refractivity contribution < 1.29 is 14.7 Å². The van der Waals surface area contributed by atoms with Crippen LogP contribution in [-0.2, 0) is 11.2 Å². The lowest BCUT2D eigenvalue weighted by atomic mass is 9.83. The molecule has 0 spiro atoms. The quantitative estimate of drug-likeness (QED) is 0.789. The molecule has 2 rings (SSSR count). The summed E-state index contributed by atoms with van der Waals surface area (Å²) in [6.45, 7) is 4.00. The fourth-order valence-corrected chi connectivity index (χ4v) is 2.59. The lowest BCUT2D eigenvalue weighted by Crippen LogP contribution is -2.29. The van der Waals surface area contributed by atoms with E-state index in [1.165, 1.54) is 0 Å². The smallest absolute Gasteiger partial charge is 0.309 e. The van der Waals surface area contributed by atoms with Gasteiger partial charge in [0.2, 0.25) is 0 Å². The van der Waals surface area contributed by atoms with Gasteiger partial charge in [-0.3, -0.25) is 9.59 Å². The molecule has 1 aliphatic rings. The van der Waals surface area contributed by atoms with Crippen molar-refractivity contribution in [3.63, 3.8) is 0 Å². The third kappa shape index (κ3) is 3.42. The molecule has 1 aliphatic heterocycles. The van der Waals surface area contributed by atoms with E-state index in [9.17, 15) is 14.7 Å². The molecule has 4 N–H and O–H groups in total. The predicted octanol–water partition coefficient (Wildman–Crippen LogP) is 1.86. The molecule has 1 unspecified atom stereocenters. The summed E-state index contributed by atoms with van der Waals surface area (Å²) in [5.41, 5.74) is 7.74. The van der Waals surface area contributed by atoms with E-state index in [4.69, 9.17) is 5.73 Å². The molecular weight excluding hydrogens is 268 g/mol. The standard InChI is InChI=1S/C16H22N2O3/c1-16(2,15(20)21)9-13(17)11-6-5-10-4-3-7-18-14(19)12(10)8-11/h5-6,8,13H,3-4,7,9,17H2,1-2H3,(H,18,19)(H,20,21). The van der Waals surface area contributed by atoms with Crippen molar-refractivity contribution in [1.29, 1.82) is 0 Å². The number of nitrogens with two attached hydrogens (primary N) is 1. The highest BCUT2D eigenvalue weighted by Crippen LogP contribution is 2.30. The van der Waals surface area contributed by atoms with E-state index in [1.807, 2.05) is 12.1 Å². The van der Waals surface area contributed by atoms with Gasteiger partial charge in [-0.2, -0.15) is 0 Å². The van der Waals surface area contributed by atoms with Crippen LogP contribution in [0.2, 0.25) is 0 Å².